The van der Waals surface area contributed by atoms with Gasteiger partial charge in [-0.15, -0.1) is 0 Å². The van der Waals surface area contributed by atoms with E-state index < -0.39 is 7.92 Å². The van der Waals surface area contributed by atoms with Gasteiger partial charge in [0, 0.05) is 10.9 Å². The predicted molar refractivity (Wildman–Crippen MR) is 111 cm³/mol. The summed E-state index contributed by atoms with van der Waals surface area (Å²) in [4.78, 5) is 0. The summed E-state index contributed by atoms with van der Waals surface area (Å²) in [5, 5.41) is 1.47. The Morgan fingerprint density at radius 2 is 1.54 bits per heavy atom. The minimum Gasteiger partial charge on any atom is -0.496 e. The SMILES string of the molecule is COc1cccc(OC)c1-c1cccc2c1[P@@](C(C)(C)C)C(C(C)C)O2. The Kier molecular flexibility index (Phi) is 5.21. The van der Waals surface area contributed by atoms with Crippen molar-refractivity contribution in [2.45, 2.75) is 45.6 Å². The van der Waals surface area contributed by atoms with E-state index in [1.54, 1.807) is 14.2 Å². The third kappa shape index (κ3) is 3.18. The summed E-state index contributed by atoms with van der Waals surface area (Å²) in [6.07, 6.45) is 0. The molecule has 1 aliphatic heterocycles. The Morgan fingerprint density at radius 1 is 0.962 bits per heavy atom. The van der Waals surface area contributed by atoms with Crippen LogP contribution in [-0.4, -0.2) is 25.2 Å². The van der Waals surface area contributed by atoms with Crippen LogP contribution in [0, 0.1) is 5.92 Å². The van der Waals surface area contributed by atoms with Gasteiger partial charge in [0.2, 0.25) is 0 Å². The molecule has 2 aromatic carbocycles. The molecule has 140 valence electrons. The minimum atomic E-state index is -0.517. The van der Waals surface area contributed by atoms with Gasteiger partial charge in [0.05, 0.1) is 19.8 Å². The van der Waals surface area contributed by atoms with Crippen LogP contribution in [0.25, 0.3) is 11.1 Å². The molecule has 0 N–H and O–H groups in total. The van der Waals surface area contributed by atoms with Gasteiger partial charge in [0.25, 0.3) is 0 Å². The Hall–Kier alpha value is -1.73. The van der Waals surface area contributed by atoms with Crippen molar-refractivity contribution in [3.05, 3.63) is 36.4 Å². The number of benzene rings is 2. The van der Waals surface area contributed by atoms with E-state index in [4.69, 9.17) is 14.2 Å². The average Bonchev–Trinajstić information content (AvgIpc) is 3.01. The second kappa shape index (κ2) is 7.12. The molecular weight excluding hydrogens is 343 g/mol. The van der Waals surface area contributed by atoms with Gasteiger partial charge < -0.3 is 14.2 Å². The van der Waals surface area contributed by atoms with Crippen LogP contribution in [0.1, 0.15) is 34.6 Å². The molecule has 0 saturated carbocycles. The summed E-state index contributed by atoms with van der Waals surface area (Å²) in [5.74, 6) is 3.35. The molecular formula is C22H29O3P. The van der Waals surface area contributed by atoms with E-state index in [9.17, 15) is 0 Å². The molecule has 2 aromatic rings. The lowest BCUT2D eigenvalue weighted by atomic mass is 10.0. The first-order valence-corrected chi connectivity index (χ1v) is 10.5. The summed E-state index contributed by atoms with van der Waals surface area (Å²) in [5.41, 5.74) is 2.18. The highest BCUT2D eigenvalue weighted by atomic mass is 31.1. The lowest BCUT2D eigenvalue weighted by Gasteiger charge is -2.34. The van der Waals surface area contributed by atoms with Gasteiger partial charge in [-0.1, -0.05) is 52.8 Å². The molecule has 26 heavy (non-hydrogen) atoms. The van der Waals surface area contributed by atoms with Crippen LogP contribution < -0.4 is 19.5 Å². The van der Waals surface area contributed by atoms with Crippen molar-refractivity contribution in [3.8, 4) is 28.4 Å². The Bertz CT molecular complexity index is 770. The number of ether oxygens (including phenoxy) is 3. The third-order valence-electron chi connectivity index (χ3n) is 4.73. The van der Waals surface area contributed by atoms with E-state index in [0.29, 0.717) is 5.92 Å². The number of hydrogen-bond donors (Lipinski definition) is 0. The second-order valence-electron chi connectivity index (χ2n) is 7.98. The zero-order chi connectivity index (χ0) is 19.1. The van der Waals surface area contributed by atoms with Crippen LogP contribution in [0.3, 0.4) is 0 Å². The maximum atomic E-state index is 6.46. The first-order valence-electron chi connectivity index (χ1n) is 9.10. The molecule has 2 atom stereocenters. The molecule has 4 heteroatoms. The fourth-order valence-corrected chi connectivity index (χ4v) is 6.96. The highest BCUT2D eigenvalue weighted by molar-refractivity contribution is 7.68. The first kappa shape index (κ1) is 19.0. The molecule has 0 saturated heterocycles. The monoisotopic (exact) mass is 372 g/mol. The second-order valence-corrected chi connectivity index (χ2v) is 11.0. The van der Waals surface area contributed by atoms with Crippen LogP contribution in [0.15, 0.2) is 36.4 Å². The van der Waals surface area contributed by atoms with E-state index in [1.165, 1.54) is 10.9 Å². The molecule has 0 aliphatic carbocycles. The largest absolute Gasteiger partial charge is 0.496 e. The molecule has 0 spiro atoms. The van der Waals surface area contributed by atoms with Crippen molar-refractivity contribution in [2.75, 3.05) is 14.2 Å². The molecule has 1 aliphatic rings. The summed E-state index contributed by atoms with van der Waals surface area (Å²) < 4.78 is 17.8. The lowest BCUT2D eigenvalue weighted by Crippen LogP contribution is -2.28. The van der Waals surface area contributed by atoms with E-state index >= 15 is 0 Å². The number of fused-ring (bicyclic) bond motifs is 1. The molecule has 1 unspecified atom stereocenters. The Morgan fingerprint density at radius 3 is 2.04 bits per heavy atom. The van der Waals surface area contributed by atoms with Crippen molar-refractivity contribution in [1.82, 2.24) is 0 Å². The van der Waals surface area contributed by atoms with Gasteiger partial charge in [-0.2, -0.15) is 0 Å². The van der Waals surface area contributed by atoms with Crippen LogP contribution in [0.5, 0.6) is 17.2 Å². The number of methoxy groups -OCH3 is 2. The van der Waals surface area contributed by atoms with Crippen LogP contribution in [-0.2, 0) is 0 Å². The highest BCUT2D eigenvalue weighted by Crippen LogP contribution is 2.62. The normalized spacial score (nSPS) is 19.2. The smallest absolute Gasteiger partial charge is 0.130 e. The number of rotatable bonds is 4. The highest BCUT2D eigenvalue weighted by Gasteiger charge is 2.44. The summed E-state index contributed by atoms with van der Waals surface area (Å²) in [6.45, 7) is 11.5. The van der Waals surface area contributed by atoms with Gasteiger partial charge in [0.15, 0.2) is 0 Å². The molecule has 3 nitrogen and oxygen atoms in total. The summed E-state index contributed by atoms with van der Waals surface area (Å²) in [7, 11) is 2.90. The van der Waals surface area contributed by atoms with Crippen molar-refractivity contribution >= 4 is 13.2 Å². The van der Waals surface area contributed by atoms with Gasteiger partial charge in [-0.25, -0.2) is 0 Å². The summed E-state index contributed by atoms with van der Waals surface area (Å²) >= 11 is 0. The molecule has 3 rings (SSSR count). The molecule has 0 fully saturated rings. The van der Waals surface area contributed by atoms with E-state index in [0.717, 1.165) is 22.8 Å². The zero-order valence-electron chi connectivity index (χ0n) is 16.8. The Labute approximate surface area is 158 Å². The Balaban J connectivity index is 2.29. The minimum absolute atomic E-state index is 0.140. The number of hydrogen-bond acceptors (Lipinski definition) is 3. The van der Waals surface area contributed by atoms with Gasteiger partial charge in [-0.05, 0) is 37.2 Å². The lowest BCUT2D eigenvalue weighted by molar-refractivity contribution is 0.240. The summed E-state index contributed by atoms with van der Waals surface area (Å²) in [6, 6.07) is 12.3. The quantitative estimate of drug-likeness (QED) is 0.649. The molecule has 0 radical (unpaired) electrons. The maximum Gasteiger partial charge on any atom is 0.130 e. The zero-order valence-corrected chi connectivity index (χ0v) is 17.7. The van der Waals surface area contributed by atoms with Crippen molar-refractivity contribution in [3.63, 3.8) is 0 Å². The van der Waals surface area contributed by atoms with Crippen LogP contribution in [0.2, 0.25) is 0 Å². The molecule has 1 heterocycles. The van der Waals surface area contributed by atoms with E-state index in [2.05, 4.69) is 52.8 Å². The van der Waals surface area contributed by atoms with Gasteiger partial charge in [0.1, 0.15) is 23.1 Å². The topological polar surface area (TPSA) is 27.7 Å². The van der Waals surface area contributed by atoms with Crippen LogP contribution in [0.4, 0.5) is 0 Å². The van der Waals surface area contributed by atoms with E-state index in [1.807, 2.05) is 18.2 Å². The maximum absolute atomic E-state index is 6.46. The first-order chi connectivity index (χ1) is 12.3. The predicted octanol–water partition coefficient (Wildman–Crippen LogP) is 5.65. The van der Waals surface area contributed by atoms with Crippen LogP contribution >= 0.6 is 7.92 Å². The van der Waals surface area contributed by atoms with Crippen molar-refractivity contribution < 1.29 is 14.2 Å². The fraction of sp³-hybridized carbons (Fsp3) is 0.455. The fourth-order valence-electron chi connectivity index (χ4n) is 3.65. The third-order valence-corrected chi connectivity index (χ3v) is 8.33. The van der Waals surface area contributed by atoms with Crippen molar-refractivity contribution in [1.29, 1.82) is 0 Å². The molecule has 0 bridgehead atoms. The molecule has 0 amide bonds. The van der Waals surface area contributed by atoms with Gasteiger partial charge >= 0.3 is 0 Å². The van der Waals surface area contributed by atoms with Crippen molar-refractivity contribution in [2.24, 2.45) is 5.92 Å². The average molecular weight is 372 g/mol. The van der Waals surface area contributed by atoms with E-state index in [-0.39, 0.29) is 11.0 Å². The standard InChI is InChI=1S/C22H29O3P/c1-14(2)21-25-18-13-8-10-15(20(18)26(21)22(3,4)5)19-16(23-6)11-9-12-17(19)24-7/h8-14,21H,1-7H3/t21?,26-/m1/s1. The van der Waals surface area contributed by atoms with Gasteiger partial charge in [-0.3, -0.25) is 0 Å². The molecule has 0 aromatic heterocycles.